The normalized spacial score (nSPS) is 16.3. The first-order chi connectivity index (χ1) is 16.3. The third-order valence-electron chi connectivity index (χ3n) is 6.15. The van der Waals surface area contributed by atoms with E-state index < -0.39 is 29.3 Å². The molecule has 1 aliphatic heterocycles. The molecule has 1 aliphatic rings. The molecule has 3 heterocycles. The monoisotopic (exact) mass is 471 g/mol. The minimum Gasteiger partial charge on any atom is -0.481 e. The van der Waals surface area contributed by atoms with Crippen LogP contribution in [-0.2, 0) is 10.2 Å². The van der Waals surface area contributed by atoms with Gasteiger partial charge >= 0.3 is 0 Å². The second kappa shape index (κ2) is 9.43. The standard InChI is InChI=1S/C24H24F3N5O2/c1-13(15-5-4-6-16(19(15)25)20(26)27)29-21-17-11-18(24(12-28)7-9-34-10-8-24)23(33-3)32-22(17)31-14(2)30-21/h4-6,11,13,20H,7-10H2,1-3H3,(H,29,30,31,32)/t13-/m1/s1. The zero-order valence-corrected chi connectivity index (χ0v) is 19.0. The number of benzene rings is 1. The van der Waals surface area contributed by atoms with Crippen LogP contribution in [-0.4, -0.2) is 35.3 Å². The van der Waals surface area contributed by atoms with Gasteiger partial charge in [-0.25, -0.2) is 23.1 Å². The van der Waals surface area contributed by atoms with Crippen LogP contribution in [0.5, 0.6) is 5.88 Å². The van der Waals surface area contributed by atoms with E-state index >= 15 is 0 Å². The molecule has 1 fully saturated rings. The highest BCUT2D eigenvalue weighted by atomic mass is 19.3. The van der Waals surface area contributed by atoms with Gasteiger partial charge in [-0.15, -0.1) is 0 Å². The topological polar surface area (TPSA) is 93.0 Å². The lowest BCUT2D eigenvalue weighted by molar-refractivity contribution is 0.0667. The van der Waals surface area contributed by atoms with Crippen molar-refractivity contribution in [2.45, 2.75) is 44.6 Å². The van der Waals surface area contributed by atoms with E-state index in [2.05, 4.69) is 26.3 Å². The van der Waals surface area contributed by atoms with Crippen molar-refractivity contribution in [2.75, 3.05) is 25.6 Å². The number of pyridine rings is 1. The molecule has 34 heavy (non-hydrogen) atoms. The lowest BCUT2D eigenvalue weighted by Gasteiger charge is -2.32. The molecule has 1 atom stereocenters. The predicted octanol–water partition coefficient (Wildman–Crippen LogP) is 5.16. The van der Waals surface area contributed by atoms with Crippen LogP contribution in [0.4, 0.5) is 19.0 Å². The van der Waals surface area contributed by atoms with Gasteiger partial charge in [0.05, 0.1) is 35.6 Å². The first-order valence-electron chi connectivity index (χ1n) is 10.9. The molecule has 1 N–H and O–H groups in total. The van der Waals surface area contributed by atoms with E-state index in [1.54, 1.807) is 19.9 Å². The molecule has 0 amide bonds. The Balaban J connectivity index is 1.82. The number of alkyl halides is 2. The highest BCUT2D eigenvalue weighted by molar-refractivity contribution is 5.88. The maximum absolute atomic E-state index is 14.7. The number of hydrogen-bond acceptors (Lipinski definition) is 7. The number of nitrogens with zero attached hydrogens (tertiary/aromatic N) is 4. The summed E-state index contributed by atoms with van der Waals surface area (Å²) >= 11 is 0. The molecule has 0 radical (unpaired) electrons. The second-order valence-corrected chi connectivity index (χ2v) is 8.26. The number of aryl methyl sites for hydroxylation is 1. The van der Waals surface area contributed by atoms with E-state index in [9.17, 15) is 18.4 Å². The fourth-order valence-electron chi connectivity index (χ4n) is 4.27. The smallest absolute Gasteiger partial charge is 0.266 e. The second-order valence-electron chi connectivity index (χ2n) is 8.26. The molecule has 10 heteroatoms. The van der Waals surface area contributed by atoms with Crippen molar-refractivity contribution in [3.63, 3.8) is 0 Å². The summed E-state index contributed by atoms with van der Waals surface area (Å²) in [6, 6.07) is 7.42. The Hall–Kier alpha value is -3.45. The Morgan fingerprint density at radius 2 is 1.88 bits per heavy atom. The van der Waals surface area contributed by atoms with E-state index in [1.165, 1.54) is 19.2 Å². The van der Waals surface area contributed by atoms with Gasteiger partial charge in [-0.05, 0) is 32.8 Å². The summed E-state index contributed by atoms with van der Waals surface area (Å²) in [5.41, 5.74) is -0.482. The number of hydrogen-bond donors (Lipinski definition) is 1. The van der Waals surface area contributed by atoms with Crippen molar-refractivity contribution in [1.29, 1.82) is 5.26 Å². The summed E-state index contributed by atoms with van der Waals surface area (Å²) in [6.07, 6.45) is -1.97. The molecule has 0 spiro atoms. The summed E-state index contributed by atoms with van der Waals surface area (Å²) in [4.78, 5) is 13.4. The molecule has 0 saturated carbocycles. The van der Waals surface area contributed by atoms with Crippen LogP contribution in [0.15, 0.2) is 24.3 Å². The number of fused-ring (bicyclic) bond motifs is 1. The van der Waals surface area contributed by atoms with E-state index in [0.29, 0.717) is 60.2 Å². The third kappa shape index (κ3) is 4.23. The minimum atomic E-state index is -2.92. The fourth-order valence-corrected chi connectivity index (χ4v) is 4.27. The van der Waals surface area contributed by atoms with Crippen LogP contribution in [0, 0.1) is 24.1 Å². The maximum atomic E-state index is 14.7. The van der Waals surface area contributed by atoms with Crippen molar-refractivity contribution in [3.8, 4) is 11.9 Å². The Kier molecular flexibility index (Phi) is 6.57. The quantitative estimate of drug-likeness (QED) is 0.531. The molecule has 3 aromatic rings. The van der Waals surface area contributed by atoms with E-state index in [4.69, 9.17) is 9.47 Å². The van der Waals surface area contributed by atoms with Crippen LogP contribution in [0.3, 0.4) is 0 Å². The van der Waals surface area contributed by atoms with E-state index in [0.717, 1.165) is 6.07 Å². The van der Waals surface area contributed by atoms with Crippen LogP contribution < -0.4 is 10.1 Å². The number of rotatable bonds is 6. The van der Waals surface area contributed by atoms with E-state index in [-0.39, 0.29) is 5.56 Å². The van der Waals surface area contributed by atoms with Crippen molar-refractivity contribution < 1.29 is 22.6 Å². The molecule has 0 unspecified atom stereocenters. The number of ether oxygens (including phenoxy) is 2. The number of nitrogens with one attached hydrogen (secondary N) is 1. The summed E-state index contributed by atoms with van der Waals surface area (Å²) in [6.45, 7) is 4.21. The summed E-state index contributed by atoms with van der Waals surface area (Å²) in [5.74, 6) is 0.100. The largest absolute Gasteiger partial charge is 0.481 e. The molecule has 178 valence electrons. The molecule has 0 bridgehead atoms. The highest BCUT2D eigenvalue weighted by Crippen LogP contribution is 2.41. The molecule has 1 saturated heterocycles. The molecule has 4 rings (SSSR count). The lowest BCUT2D eigenvalue weighted by Crippen LogP contribution is -2.33. The predicted molar refractivity (Wildman–Crippen MR) is 119 cm³/mol. The Morgan fingerprint density at radius 3 is 2.53 bits per heavy atom. The van der Waals surface area contributed by atoms with Crippen LogP contribution >= 0.6 is 0 Å². The number of halogens is 3. The number of anilines is 1. The number of aromatic nitrogens is 3. The Morgan fingerprint density at radius 1 is 1.18 bits per heavy atom. The molecule has 2 aromatic heterocycles. The first-order valence-corrected chi connectivity index (χ1v) is 10.9. The average molecular weight is 471 g/mol. The van der Waals surface area contributed by atoms with Gasteiger partial charge in [0.15, 0.2) is 5.65 Å². The van der Waals surface area contributed by atoms with Crippen molar-refractivity contribution in [1.82, 2.24) is 15.0 Å². The van der Waals surface area contributed by atoms with Gasteiger partial charge in [0.2, 0.25) is 5.88 Å². The van der Waals surface area contributed by atoms with Gasteiger partial charge in [-0.3, -0.25) is 0 Å². The molecular formula is C24H24F3N5O2. The van der Waals surface area contributed by atoms with Gasteiger partial charge in [-0.1, -0.05) is 18.2 Å². The van der Waals surface area contributed by atoms with Crippen LogP contribution in [0.25, 0.3) is 11.0 Å². The van der Waals surface area contributed by atoms with Crippen molar-refractivity contribution in [3.05, 3.63) is 52.6 Å². The maximum Gasteiger partial charge on any atom is 0.266 e. The van der Waals surface area contributed by atoms with Crippen molar-refractivity contribution >= 4 is 16.9 Å². The van der Waals surface area contributed by atoms with Crippen LogP contribution in [0.1, 0.15) is 54.7 Å². The van der Waals surface area contributed by atoms with Gasteiger partial charge in [0.25, 0.3) is 6.43 Å². The Labute approximate surface area is 195 Å². The van der Waals surface area contributed by atoms with E-state index in [1.807, 2.05) is 0 Å². The van der Waals surface area contributed by atoms with Crippen molar-refractivity contribution in [2.24, 2.45) is 0 Å². The van der Waals surface area contributed by atoms with Crippen LogP contribution in [0.2, 0.25) is 0 Å². The van der Waals surface area contributed by atoms with Gasteiger partial charge in [0, 0.05) is 24.3 Å². The Bertz CT molecular complexity index is 1260. The average Bonchev–Trinajstić information content (AvgIpc) is 2.83. The molecule has 0 aliphatic carbocycles. The molecular weight excluding hydrogens is 447 g/mol. The number of nitriles is 1. The zero-order chi connectivity index (χ0) is 24.5. The lowest BCUT2D eigenvalue weighted by atomic mass is 9.75. The fraction of sp³-hybridized carbons (Fsp3) is 0.417. The zero-order valence-electron chi connectivity index (χ0n) is 19.0. The first kappa shape index (κ1) is 23.7. The minimum absolute atomic E-state index is 0.0850. The SMILES string of the molecule is COc1nc2nc(C)nc(N[C@H](C)c3cccc(C(F)F)c3F)c2cc1C1(C#N)CCOCC1. The summed E-state index contributed by atoms with van der Waals surface area (Å²) < 4.78 is 52.1. The molecule has 1 aromatic carbocycles. The summed E-state index contributed by atoms with van der Waals surface area (Å²) in [5, 5.41) is 13.7. The van der Waals surface area contributed by atoms with Gasteiger partial charge < -0.3 is 14.8 Å². The highest BCUT2D eigenvalue weighted by Gasteiger charge is 2.38. The third-order valence-corrected chi connectivity index (χ3v) is 6.15. The number of methoxy groups -OCH3 is 1. The van der Waals surface area contributed by atoms with Gasteiger partial charge in [0.1, 0.15) is 17.5 Å². The molecule has 7 nitrogen and oxygen atoms in total. The van der Waals surface area contributed by atoms with Gasteiger partial charge in [-0.2, -0.15) is 10.2 Å². The summed E-state index contributed by atoms with van der Waals surface area (Å²) in [7, 11) is 1.48.